The van der Waals surface area contributed by atoms with Gasteiger partial charge in [0.1, 0.15) is 11.2 Å². The summed E-state index contributed by atoms with van der Waals surface area (Å²) in [4.78, 5) is 22.4. The largest absolute Gasteiger partial charge is 0.481 e. The highest BCUT2D eigenvalue weighted by atomic mass is 16.4. The molecule has 0 heterocycles. The Morgan fingerprint density at radius 1 is 1.44 bits per heavy atom. The molecule has 0 aliphatic heterocycles. The van der Waals surface area contributed by atoms with Gasteiger partial charge < -0.3 is 5.11 Å². The highest BCUT2D eigenvalue weighted by Gasteiger charge is 2.51. The van der Waals surface area contributed by atoms with Crippen LogP contribution in [0.3, 0.4) is 0 Å². The summed E-state index contributed by atoms with van der Waals surface area (Å²) in [5.41, 5.74) is 0.916. The number of rotatable bonds is 3. The van der Waals surface area contributed by atoms with Crippen LogP contribution >= 0.6 is 0 Å². The minimum absolute atomic E-state index is 0.0318. The molecule has 1 aliphatic rings. The Balaban J connectivity index is 2.40. The molecule has 0 atom stereocenters. The smallest absolute Gasteiger partial charge is 0.315 e. The molecule has 16 heavy (non-hydrogen) atoms. The normalized spacial score (nSPS) is 17.9. The molecule has 0 aromatic heterocycles. The van der Waals surface area contributed by atoms with Crippen LogP contribution in [-0.2, 0) is 21.4 Å². The zero-order valence-electron chi connectivity index (χ0n) is 9.19. The van der Waals surface area contributed by atoms with Crippen LogP contribution in [0.5, 0.6) is 0 Å². The molecular formula is C13H14O3. The average molecular weight is 218 g/mol. The van der Waals surface area contributed by atoms with E-state index >= 15 is 0 Å². The molecule has 0 bridgehead atoms. The van der Waals surface area contributed by atoms with Crippen molar-refractivity contribution >= 4 is 11.8 Å². The molecule has 1 saturated carbocycles. The van der Waals surface area contributed by atoms with E-state index in [2.05, 4.69) is 0 Å². The second kappa shape index (κ2) is 3.74. The van der Waals surface area contributed by atoms with E-state index in [-0.39, 0.29) is 18.6 Å². The first-order valence-electron chi connectivity index (χ1n) is 5.43. The van der Waals surface area contributed by atoms with Crippen molar-refractivity contribution in [3.05, 3.63) is 35.4 Å². The molecule has 1 aromatic rings. The van der Waals surface area contributed by atoms with Crippen molar-refractivity contribution in [2.24, 2.45) is 0 Å². The van der Waals surface area contributed by atoms with E-state index in [4.69, 9.17) is 0 Å². The number of aliphatic carboxylic acids is 1. The van der Waals surface area contributed by atoms with Crippen molar-refractivity contribution in [2.75, 3.05) is 0 Å². The molecule has 3 heteroatoms. The molecule has 3 nitrogen and oxygen atoms in total. The zero-order chi connectivity index (χ0) is 11.8. The Labute approximate surface area is 94.1 Å². The van der Waals surface area contributed by atoms with Gasteiger partial charge in [0.05, 0.1) is 0 Å². The molecule has 1 aromatic carbocycles. The number of hydrogen-bond acceptors (Lipinski definition) is 2. The Hall–Kier alpha value is -1.64. The topological polar surface area (TPSA) is 54.4 Å². The summed E-state index contributed by atoms with van der Waals surface area (Å²) in [6.07, 6.45) is 1.14. The van der Waals surface area contributed by atoms with E-state index in [9.17, 15) is 14.7 Å². The second-order valence-corrected chi connectivity index (χ2v) is 4.33. The van der Waals surface area contributed by atoms with Crippen LogP contribution in [0.4, 0.5) is 0 Å². The lowest BCUT2D eigenvalue weighted by Crippen LogP contribution is -2.48. The van der Waals surface area contributed by atoms with Crippen LogP contribution in [0.2, 0.25) is 0 Å². The predicted octanol–water partition coefficient (Wildman–Crippen LogP) is 1.93. The number of ketones is 1. The summed E-state index contributed by atoms with van der Waals surface area (Å²) in [7, 11) is 0. The Morgan fingerprint density at radius 3 is 2.62 bits per heavy atom. The molecule has 1 N–H and O–H groups in total. The van der Waals surface area contributed by atoms with Gasteiger partial charge in [0.2, 0.25) is 0 Å². The molecule has 0 radical (unpaired) electrons. The third-order valence-corrected chi connectivity index (χ3v) is 3.30. The number of carboxylic acid groups (broad SMARTS) is 1. The quantitative estimate of drug-likeness (QED) is 0.843. The van der Waals surface area contributed by atoms with Gasteiger partial charge >= 0.3 is 5.97 Å². The van der Waals surface area contributed by atoms with Crippen LogP contribution in [0, 0.1) is 0 Å². The summed E-state index contributed by atoms with van der Waals surface area (Å²) >= 11 is 0. The van der Waals surface area contributed by atoms with Crippen molar-refractivity contribution in [1.82, 2.24) is 0 Å². The fourth-order valence-corrected chi connectivity index (χ4v) is 2.19. The van der Waals surface area contributed by atoms with Gasteiger partial charge in [-0.1, -0.05) is 31.2 Å². The minimum atomic E-state index is -0.956. The fourth-order valence-electron chi connectivity index (χ4n) is 2.19. The SMILES string of the molecule is CCc1cccc(C2(C(=O)O)CC(=O)C2)c1. The molecule has 0 spiro atoms. The van der Waals surface area contributed by atoms with E-state index in [0.717, 1.165) is 17.5 Å². The first kappa shape index (κ1) is 10.9. The van der Waals surface area contributed by atoms with Crippen molar-refractivity contribution in [1.29, 1.82) is 0 Å². The van der Waals surface area contributed by atoms with Gasteiger partial charge in [0.15, 0.2) is 0 Å². The monoisotopic (exact) mass is 218 g/mol. The lowest BCUT2D eigenvalue weighted by Gasteiger charge is -2.36. The van der Waals surface area contributed by atoms with E-state index in [1.807, 2.05) is 25.1 Å². The van der Waals surface area contributed by atoms with Crippen molar-refractivity contribution in [3.63, 3.8) is 0 Å². The third kappa shape index (κ3) is 1.52. The highest BCUT2D eigenvalue weighted by molar-refractivity contribution is 6.01. The maximum Gasteiger partial charge on any atom is 0.315 e. The molecule has 84 valence electrons. The van der Waals surface area contributed by atoms with Crippen molar-refractivity contribution < 1.29 is 14.7 Å². The van der Waals surface area contributed by atoms with Gasteiger partial charge in [-0.15, -0.1) is 0 Å². The number of benzene rings is 1. The minimum Gasteiger partial charge on any atom is -0.481 e. The number of carbonyl (C=O) groups excluding carboxylic acids is 1. The molecule has 0 saturated heterocycles. The summed E-state index contributed by atoms with van der Waals surface area (Å²) in [5, 5.41) is 9.27. The third-order valence-electron chi connectivity index (χ3n) is 3.30. The van der Waals surface area contributed by atoms with Crippen LogP contribution in [0.25, 0.3) is 0 Å². The highest BCUT2D eigenvalue weighted by Crippen LogP contribution is 2.41. The standard InChI is InChI=1S/C13H14O3/c1-2-9-4-3-5-10(6-9)13(12(15)16)7-11(14)8-13/h3-6H,2,7-8H2,1H3,(H,15,16). The van der Waals surface area contributed by atoms with E-state index in [0.29, 0.717) is 0 Å². The summed E-state index contributed by atoms with van der Waals surface area (Å²) < 4.78 is 0. The Morgan fingerprint density at radius 2 is 2.12 bits per heavy atom. The average Bonchev–Trinajstić information content (AvgIpc) is 2.24. The van der Waals surface area contributed by atoms with Crippen molar-refractivity contribution in [3.8, 4) is 0 Å². The van der Waals surface area contributed by atoms with Gasteiger partial charge in [-0.2, -0.15) is 0 Å². The van der Waals surface area contributed by atoms with Crippen LogP contribution in [0.15, 0.2) is 24.3 Å². The van der Waals surface area contributed by atoms with Crippen LogP contribution in [-0.4, -0.2) is 16.9 Å². The fraction of sp³-hybridized carbons (Fsp3) is 0.385. The van der Waals surface area contributed by atoms with Gasteiger partial charge in [-0.3, -0.25) is 9.59 Å². The number of aryl methyl sites for hydroxylation is 1. The lowest BCUT2D eigenvalue weighted by atomic mass is 9.63. The van der Waals surface area contributed by atoms with E-state index < -0.39 is 11.4 Å². The number of carboxylic acids is 1. The lowest BCUT2D eigenvalue weighted by molar-refractivity contribution is -0.153. The summed E-state index contributed by atoms with van der Waals surface area (Å²) in [6.45, 7) is 2.03. The van der Waals surface area contributed by atoms with Crippen LogP contribution < -0.4 is 0 Å². The predicted molar refractivity (Wildman–Crippen MR) is 59.4 cm³/mol. The van der Waals surface area contributed by atoms with E-state index in [1.54, 1.807) is 6.07 Å². The molecule has 0 amide bonds. The Bertz CT molecular complexity index is 440. The maximum absolute atomic E-state index is 11.3. The molecule has 1 aliphatic carbocycles. The summed E-state index contributed by atoms with van der Waals surface area (Å²) in [6, 6.07) is 7.54. The summed E-state index contributed by atoms with van der Waals surface area (Å²) in [5.74, 6) is -0.857. The molecule has 1 fully saturated rings. The number of Topliss-reactive ketones (excluding diaryl/α,β-unsaturated/α-hetero) is 1. The van der Waals surface area contributed by atoms with Gasteiger partial charge in [0, 0.05) is 12.8 Å². The zero-order valence-corrected chi connectivity index (χ0v) is 9.19. The van der Waals surface area contributed by atoms with Gasteiger partial charge in [-0.05, 0) is 17.5 Å². The second-order valence-electron chi connectivity index (χ2n) is 4.33. The molecule has 0 unspecified atom stereocenters. The van der Waals surface area contributed by atoms with E-state index in [1.165, 1.54) is 0 Å². The first-order chi connectivity index (χ1) is 7.58. The molecule has 2 rings (SSSR count). The molecular weight excluding hydrogens is 204 g/mol. The first-order valence-corrected chi connectivity index (χ1v) is 5.43. The van der Waals surface area contributed by atoms with Gasteiger partial charge in [-0.25, -0.2) is 0 Å². The van der Waals surface area contributed by atoms with Gasteiger partial charge in [0.25, 0.3) is 0 Å². The number of carbonyl (C=O) groups is 2. The Kier molecular flexibility index (Phi) is 2.54. The van der Waals surface area contributed by atoms with Crippen LogP contribution in [0.1, 0.15) is 30.9 Å². The number of hydrogen-bond donors (Lipinski definition) is 1. The maximum atomic E-state index is 11.3. The van der Waals surface area contributed by atoms with Crippen molar-refractivity contribution in [2.45, 2.75) is 31.6 Å².